The van der Waals surface area contributed by atoms with Crippen LogP contribution >= 0.6 is 0 Å². The second kappa shape index (κ2) is 12.9. The van der Waals surface area contributed by atoms with Crippen LogP contribution in [-0.4, -0.2) is 53.3 Å². The highest BCUT2D eigenvalue weighted by Crippen LogP contribution is 2.30. The molecule has 0 amide bonds. The maximum absolute atomic E-state index is 9.36. The highest BCUT2D eigenvalue weighted by molar-refractivity contribution is 5.80. The Hall–Kier alpha value is -3.01. The highest BCUT2D eigenvalue weighted by atomic mass is 15.1. The zero-order valence-corrected chi connectivity index (χ0v) is 19.9. The third kappa shape index (κ3) is 7.52. The van der Waals surface area contributed by atoms with Crippen molar-refractivity contribution in [1.29, 1.82) is 5.26 Å². The highest BCUT2D eigenvalue weighted by Gasteiger charge is 2.22. The number of fused-ring (bicyclic) bond motifs is 1. The van der Waals surface area contributed by atoms with Crippen molar-refractivity contribution in [3.8, 4) is 6.07 Å². The molecule has 174 valence electrons. The molecule has 3 aromatic rings. The molecule has 4 heterocycles. The lowest BCUT2D eigenvalue weighted by atomic mass is 9.90. The number of benzene rings is 1. The Morgan fingerprint density at radius 2 is 2.00 bits per heavy atom. The number of nitrogens with one attached hydrogen (secondary N) is 2. The van der Waals surface area contributed by atoms with Crippen LogP contribution in [-0.2, 0) is 0 Å². The van der Waals surface area contributed by atoms with Crippen LogP contribution in [0.4, 0.5) is 0 Å². The molecule has 1 atom stereocenters. The molecular weight excluding hydrogens is 408 g/mol. The summed E-state index contributed by atoms with van der Waals surface area (Å²) in [5.41, 5.74) is 3.76. The maximum Gasteiger partial charge on any atom is 0.101 e. The molecule has 2 N–H and O–H groups in total. The average Bonchev–Trinajstić information content (AvgIpc) is 3.39. The van der Waals surface area contributed by atoms with Gasteiger partial charge in [0.15, 0.2) is 0 Å². The van der Waals surface area contributed by atoms with Crippen LogP contribution in [0, 0.1) is 17.2 Å². The van der Waals surface area contributed by atoms with Crippen molar-refractivity contribution in [2.75, 3.05) is 33.2 Å². The summed E-state index contributed by atoms with van der Waals surface area (Å²) in [6.45, 7) is 10.5. The Morgan fingerprint density at radius 1 is 1.21 bits per heavy atom. The molecule has 0 radical (unpaired) electrons. The van der Waals surface area contributed by atoms with Crippen molar-refractivity contribution in [2.24, 2.45) is 5.92 Å². The fraction of sp³-hybridized carbons (Fsp3) is 0.444. The quantitative estimate of drug-likeness (QED) is 0.583. The molecule has 5 rings (SSSR count). The topological polar surface area (TPSA) is 80.6 Å². The van der Waals surface area contributed by atoms with Crippen LogP contribution < -0.4 is 5.32 Å². The first-order chi connectivity index (χ1) is 16.1. The van der Waals surface area contributed by atoms with E-state index in [1.807, 2.05) is 30.3 Å². The molecule has 0 saturated carbocycles. The van der Waals surface area contributed by atoms with E-state index >= 15 is 0 Å². The zero-order valence-electron chi connectivity index (χ0n) is 19.9. The molecule has 2 fully saturated rings. The third-order valence-electron chi connectivity index (χ3n) is 6.28. The van der Waals surface area contributed by atoms with E-state index < -0.39 is 0 Å². The normalized spacial score (nSPS) is 18.9. The molecular formula is C27H36N6. The van der Waals surface area contributed by atoms with Crippen LogP contribution in [0.1, 0.15) is 55.3 Å². The summed E-state index contributed by atoms with van der Waals surface area (Å²) in [6, 6.07) is 12.3. The van der Waals surface area contributed by atoms with E-state index in [1.165, 1.54) is 25.9 Å². The Bertz CT molecular complexity index is 1020. The van der Waals surface area contributed by atoms with E-state index in [1.54, 1.807) is 18.5 Å². The van der Waals surface area contributed by atoms with Gasteiger partial charge in [0.1, 0.15) is 6.07 Å². The van der Waals surface area contributed by atoms with Crippen molar-refractivity contribution in [2.45, 2.75) is 38.5 Å². The molecule has 0 aliphatic carbocycles. The first kappa shape index (κ1) is 24.6. The van der Waals surface area contributed by atoms with Crippen LogP contribution in [0.5, 0.6) is 0 Å². The molecule has 2 aliphatic rings. The number of nitrogens with zero attached hydrogens (tertiary/aromatic N) is 4. The smallest absolute Gasteiger partial charge is 0.101 e. The van der Waals surface area contributed by atoms with Crippen molar-refractivity contribution in [3.05, 3.63) is 66.1 Å². The number of H-pyrrole nitrogens is 1. The van der Waals surface area contributed by atoms with Crippen molar-refractivity contribution >= 4 is 17.0 Å². The summed E-state index contributed by atoms with van der Waals surface area (Å²) in [4.78, 5) is 7.09. The van der Waals surface area contributed by atoms with Gasteiger partial charge in [-0.1, -0.05) is 37.8 Å². The summed E-state index contributed by atoms with van der Waals surface area (Å²) < 4.78 is 0. The van der Waals surface area contributed by atoms with Crippen molar-refractivity contribution in [3.63, 3.8) is 0 Å². The number of hydrogen-bond acceptors (Lipinski definition) is 5. The predicted molar refractivity (Wildman–Crippen MR) is 136 cm³/mol. The minimum absolute atomic E-state index is 0.426. The first-order valence-corrected chi connectivity index (χ1v) is 11.9. The van der Waals surface area contributed by atoms with Crippen molar-refractivity contribution in [1.82, 2.24) is 25.4 Å². The number of rotatable bonds is 2. The molecule has 1 aromatic carbocycles. The van der Waals surface area contributed by atoms with E-state index in [9.17, 15) is 5.26 Å². The number of hydrogen-bond donors (Lipinski definition) is 2. The van der Waals surface area contributed by atoms with E-state index in [0.29, 0.717) is 5.92 Å². The zero-order chi connectivity index (χ0) is 23.5. The van der Waals surface area contributed by atoms with Crippen LogP contribution in [0.3, 0.4) is 0 Å². The first-order valence-electron chi connectivity index (χ1n) is 11.9. The summed E-state index contributed by atoms with van der Waals surface area (Å²) >= 11 is 0. The second-order valence-electron chi connectivity index (χ2n) is 8.99. The van der Waals surface area contributed by atoms with Gasteiger partial charge in [-0.3, -0.25) is 10.1 Å². The number of pyridine rings is 1. The van der Waals surface area contributed by atoms with Gasteiger partial charge < -0.3 is 10.2 Å². The average molecular weight is 445 g/mol. The lowest BCUT2D eigenvalue weighted by molar-refractivity contribution is 0.253. The lowest BCUT2D eigenvalue weighted by Gasteiger charge is -2.29. The molecule has 2 aliphatic heterocycles. The number of piperidine rings is 2. The molecule has 0 spiro atoms. The minimum Gasteiger partial charge on any atom is -0.316 e. The third-order valence-corrected chi connectivity index (χ3v) is 6.28. The van der Waals surface area contributed by atoms with Crippen LogP contribution in [0.2, 0.25) is 0 Å². The fourth-order valence-electron chi connectivity index (χ4n) is 4.21. The molecule has 2 aromatic heterocycles. The molecule has 6 heteroatoms. The van der Waals surface area contributed by atoms with E-state index in [-0.39, 0.29) is 0 Å². The molecule has 6 nitrogen and oxygen atoms in total. The Kier molecular flexibility index (Phi) is 9.61. The second-order valence-corrected chi connectivity index (χ2v) is 8.99. The fourth-order valence-corrected chi connectivity index (χ4v) is 4.21. The van der Waals surface area contributed by atoms with Crippen LogP contribution in [0.15, 0.2) is 49.3 Å². The van der Waals surface area contributed by atoms with Crippen molar-refractivity contribution < 1.29 is 0 Å². The lowest BCUT2D eigenvalue weighted by Crippen LogP contribution is -2.29. The van der Waals surface area contributed by atoms with Gasteiger partial charge in [0.05, 0.1) is 23.0 Å². The number of likely N-dealkylation sites (tertiary alicyclic amines) is 1. The van der Waals surface area contributed by atoms with Gasteiger partial charge in [0.25, 0.3) is 0 Å². The SMILES string of the molecule is C=Cc1cn[nH]c1.CC1CCCNC1.CN1CCC(c2nc3ccccc3cc2C#N)CC1. The summed E-state index contributed by atoms with van der Waals surface area (Å²) in [5, 5.41) is 20.1. The monoisotopic (exact) mass is 444 g/mol. The maximum atomic E-state index is 9.36. The van der Waals surface area contributed by atoms with Crippen LogP contribution in [0.25, 0.3) is 17.0 Å². The minimum atomic E-state index is 0.426. The summed E-state index contributed by atoms with van der Waals surface area (Å²) in [7, 11) is 2.15. The van der Waals surface area contributed by atoms with E-state index in [2.05, 4.69) is 47.0 Å². The van der Waals surface area contributed by atoms with Gasteiger partial charge in [0.2, 0.25) is 0 Å². The summed E-state index contributed by atoms with van der Waals surface area (Å²) in [5.74, 6) is 1.35. The number of aromatic nitrogens is 3. The largest absolute Gasteiger partial charge is 0.316 e. The van der Waals surface area contributed by atoms with Gasteiger partial charge >= 0.3 is 0 Å². The molecule has 0 bridgehead atoms. The van der Waals surface area contributed by atoms with E-state index in [4.69, 9.17) is 4.98 Å². The number of aromatic amines is 1. The number of para-hydroxylation sites is 1. The van der Waals surface area contributed by atoms with Gasteiger partial charge in [-0.15, -0.1) is 0 Å². The van der Waals surface area contributed by atoms with E-state index in [0.717, 1.165) is 59.6 Å². The van der Waals surface area contributed by atoms with Gasteiger partial charge in [-0.25, -0.2) is 0 Å². The molecule has 33 heavy (non-hydrogen) atoms. The molecule has 2 saturated heterocycles. The van der Waals surface area contributed by atoms with Gasteiger partial charge in [0, 0.05) is 23.1 Å². The molecule has 1 unspecified atom stereocenters. The number of nitriles is 1. The Balaban J connectivity index is 0.000000178. The van der Waals surface area contributed by atoms with Gasteiger partial charge in [-0.05, 0) is 77.0 Å². The Labute approximate surface area is 197 Å². The standard InChI is InChI=1S/C16H17N3.C6H13N.C5H6N2/c1-19-8-6-12(7-9-19)16-14(11-17)10-13-4-2-3-5-15(13)18-16;1-6-3-2-4-7-5-6;1-2-5-3-6-7-4-5/h2-5,10,12H,6-9H2,1H3;6-7H,2-5H2,1H3;2-4H,1H2,(H,6,7). The Morgan fingerprint density at radius 3 is 2.55 bits per heavy atom. The predicted octanol–water partition coefficient (Wildman–Crippen LogP) is 4.97. The van der Waals surface area contributed by atoms with Gasteiger partial charge in [-0.2, -0.15) is 10.4 Å². The summed E-state index contributed by atoms with van der Waals surface area (Å²) in [6.07, 6.45) is 10.2.